The number of fused-ring (bicyclic) bond motifs is 2. The van der Waals surface area contributed by atoms with Crippen LogP contribution in [-0.2, 0) is 0 Å². The average Bonchev–Trinajstić information content (AvgIpc) is 3.36. The second kappa shape index (κ2) is 8.97. The predicted molar refractivity (Wildman–Crippen MR) is 123 cm³/mol. The van der Waals surface area contributed by atoms with E-state index in [4.69, 9.17) is 0 Å². The van der Waals surface area contributed by atoms with Gasteiger partial charge in [-0.3, -0.25) is 9.59 Å². The number of aromatic nitrogens is 6. The fourth-order valence-electron chi connectivity index (χ4n) is 3.86. The van der Waals surface area contributed by atoms with Crippen molar-refractivity contribution in [2.75, 3.05) is 13.6 Å². The molecule has 0 spiro atoms. The number of nitrogens with zero attached hydrogens (tertiary/aromatic N) is 7. The van der Waals surface area contributed by atoms with E-state index in [1.165, 1.54) is 12.4 Å². The smallest absolute Gasteiger partial charge is 0.259 e. The van der Waals surface area contributed by atoms with Crippen molar-refractivity contribution < 1.29 is 9.59 Å². The van der Waals surface area contributed by atoms with Gasteiger partial charge in [-0.25, -0.2) is 19.0 Å². The monoisotopic (exact) mass is 448 g/mol. The third-order valence-electron chi connectivity index (χ3n) is 5.42. The minimum Gasteiger partial charge on any atom is -0.347 e. The SMILES string of the molecule is Cc1ccn2ncc(C(=O)N[C@H](CC(C)C)CN(C)C(=O)c3cnn4ccc(C)nc34)c2n1. The van der Waals surface area contributed by atoms with Crippen molar-refractivity contribution >= 4 is 23.1 Å². The van der Waals surface area contributed by atoms with Gasteiger partial charge in [-0.15, -0.1) is 0 Å². The maximum absolute atomic E-state index is 13.2. The molecule has 0 fully saturated rings. The maximum Gasteiger partial charge on any atom is 0.259 e. The summed E-state index contributed by atoms with van der Waals surface area (Å²) in [7, 11) is 1.72. The Bertz CT molecular complexity index is 1320. The molecule has 0 aliphatic carbocycles. The van der Waals surface area contributed by atoms with E-state index in [-0.39, 0.29) is 17.9 Å². The Balaban J connectivity index is 1.53. The Morgan fingerprint density at radius 2 is 1.52 bits per heavy atom. The Hall–Kier alpha value is -3.82. The van der Waals surface area contributed by atoms with Gasteiger partial charge < -0.3 is 10.2 Å². The number of carbonyl (C=O) groups is 2. The highest BCUT2D eigenvalue weighted by Gasteiger charge is 2.24. The number of amides is 2. The Morgan fingerprint density at radius 3 is 2.09 bits per heavy atom. The fraction of sp³-hybridized carbons (Fsp3) is 0.391. The van der Waals surface area contributed by atoms with Crippen LogP contribution in [0.2, 0.25) is 0 Å². The molecule has 4 heterocycles. The van der Waals surface area contributed by atoms with E-state index in [2.05, 4.69) is 39.3 Å². The maximum atomic E-state index is 13.2. The van der Waals surface area contributed by atoms with Crippen molar-refractivity contribution in [3.63, 3.8) is 0 Å². The molecule has 4 rings (SSSR count). The fourth-order valence-corrected chi connectivity index (χ4v) is 3.86. The van der Waals surface area contributed by atoms with Crippen LogP contribution in [0.1, 0.15) is 52.4 Å². The van der Waals surface area contributed by atoms with Crippen molar-refractivity contribution in [1.82, 2.24) is 39.4 Å². The number of rotatable bonds is 7. The lowest BCUT2D eigenvalue weighted by atomic mass is 10.0. The highest BCUT2D eigenvalue weighted by atomic mass is 16.2. The van der Waals surface area contributed by atoms with E-state index >= 15 is 0 Å². The predicted octanol–water partition coefficient (Wildman–Crippen LogP) is 2.31. The van der Waals surface area contributed by atoms with E-state index in [0.29, 0.717) is 41.3 Å². The third kappa shape index (κ3) is 4.69. The van der Waals surface area contributed by atoms with Crippen molar-refractivity contribution in [3.8, 4) is 0 Å². The first-order valence-electron chi connectivity index (χ1n) is 10.9. The van der Waals surface area contributed by atoms with Gasteiger partial charge in [-0.1, -0.05) is 13.8 Å². The number of likely N-dealkylation sites (N-methyl/N-ethyl adjacent to an activating group) is 1. The first-order chi connectivity index (χ1) is 15.7. The molecule has 0 aromatic carbocycles. The molecule has 4 aromatic rings. The van der Waals surface area contributed by atoms with Gasteiger partial charge in [0.1, 0.15) is 11.1 Å². The van der Waals surface area contributed by atoms with Gasteiger partial charge in [0.15, 0.2) is 11.3 Å². The van der Waals surface area contributed by atoms with E-state index in [1.54, 1.807) is 33.4 Å². The Labute approximate surface area is 191 Å². The summed E-state index contributed by atoms with van der Waals surface area (Å²) in [6.07, 6.45) is 7.32. The third-order valence-corrected chi connectivity index (χ3v) is 5.42. The van der Waals surface area contributed by atoms with Crippen molar-refractivity contribution in [3.05, 3.63) is 59.4 Å². The van der Waals surface area contributed by atoms with Crippen LogP contribution in [0.25, 0.3) is 11.3 Å². The van der Waals surface area contributed by atoms with Gasteiger partial charge in [0, 0.05) is 43.4 Å². The molecule has 1 N–H and O–H groups in total. The van der Waals surface area contributed by atoms with Gasteiger partial charge in [-0.05, 0) is 38.3 Å². The topological polar surface area (TPSA) is 110 Å². The molecule has 0 unspecified atom stereocenters. The van der Waals surface area contributed by atoms with Crippen LogP contribution >= 0.6 is 0 Å². The summed E-state index contributed by atoms with van der Waals surface area (Å²) in [6, 6.07) is 3.42. The Kier molecular flexibility index (Phi) is 6.08. The number of nitrogens with one attached hydrogen (secondary N) is 1. The van der Waals surface area contributed by atoms with E-state index < -0.39 is 0 Å². The summed E-state index contributed by atoms with van der Waals surface area (Å²) in [4.78, 5) is 36.8. The van der Waals surface area contributed by atoms with E-state index in [9.17, 15) is 9.59 Å². The molecule has 1 atom stereocenters. The molecule has 0 radical (unpaired) electrons. The molecule has 10 nitrogen and oxygen atoms in total. The van der Waals surface area contributed by atoms with Crippen molar-refractivity contribution in [1.29, 1.82) is 0 Å². The van der Waals surface area contributed by atoms with Crippen molar-refractivity contribution in [2.24, 2.45) is 5.92 Å². The van der Waals surface area contributed by atoms with Gasteiger partial charge in [0.05, 0.1) is 12.4 Å². The lowest BCUT2D eigenvalue weighted by Crippen LogP contribution is -2.45. The second-order valence-corrected chi connectivity index (χ2v) is 8.78. The first kappa shape index (κ1) is 22.4. The number of carbonyl (C=O) groups excluding carboxylic acids is 2. The van der Waals surface area contributed by atoms with E-state index in [0.717, 1.165) is 11.4 Å². The molecule has 10 heteroatoms. The minimum absolute atomic E-state index is 0.195. The zero-order chi connectivity index (χ0) is 23.7. The lowest BCUT2D eigenvalue weighted by Gasteiger charge is -2.26. The van der Waals surface area contributed by atoms with Crippen molar-refractivity contribution in [2.45, 2.75) is 40.2 Å². The molecule has 4 aromatic heterocycles. The Morgan fingerprint density at radius 1 is 0.970 bits per heavy atom. The van der Waals surface area contributed by atoms with Gasteiger partial charge >= 0.3 is 0 Å². The van der Waals surface area contributed by atoms with Crippen LogP contribution in [0.4, 0.5) is 0 Å². The molecular formula is C23H28N8O2. The number of hydrogen-bond acceptors (Lipinski definition) is 6. The molecule has 0 saturated carbocycles. The summed E-state index contributed by atoms with van der Waals surface area (Å²) in [5.41, 5.74) is 3.47. The van der Waals surface area contributed by atoms with Crippen LogP contribution in [-0.4, -0.2) is 65.5 Å². The molecule has 0 saturated heterocycles. The summed E-state index contributed by atoms with van der Waals surface area (Å²) < 4.78 is 3.16. The molecule has 2 amide bonds. The van der Waals surface area contributed by atoms with Crippen LogP contribution < -0.4 is 5.32 Å². The molecule has 33 heavy (non-hydrogen) atoms. The summed E-state index contributed by atoms with van der Waals surface area (Å²) in [5.74, 6) is -0.133. The summed E-state index contributed by atoms with van der Waals surface area (Å²) >= 11 is 0. The highest BCUT2D eigenvalue weighted by molar-refractivity contribution is 6.00. The van der Waals surface area contributed by atoms with Gasteiger partial charge in [0.2, 0.25) is 0 Å². The zero-order valence-corrected chi connectivity index (χ0v) is 19.5. The van der Waals surface area contributed by atoms with Crippen LogP contribution in [0, 0.1) is 19.8 Å². The highest BCUT2D eigenvalue weighted by Crippen LogP contribution is 2.15. The normalized spacial score (nSPS) is 12.4. The summed E-state index contributed by atoms with van der Waals surface area (Å²) in [5, 5.41) is 11.5. The number of aryl methyl sites for hydroxylation is 2. The van der Waals surface area contributed by atoms with Gasteiger partial charge in [-0.2, -0.15) is 10.2 Å². The average molecular weight is 449 g/mol. The molecule has 0 bridgehead atoms. The second-order valence-electron chi connectivity index (χ2n) is 8.78. The molecular weight excluding hydrogens is 420 g/mol. The van der Waals surface area contributed by atoms with Crippen LogP contribution in [0.5, 0.6) is 0 Å². The van der Waals surface area contributed by atoms with Crippen LogP contribution in [0.15, 0.2) is 36.9 Å². The van der Waals surface area contributed by atoms with E-state index in [1.807, 2.05) is 26.0 Å². The van der Waals surface area contributed by atoms with Gasteiger partial charge in [0.25, 0.3) is 11.8 Å². The molecule has 0 aliphatic heterocycles. The summed E-state index contributed by atoms with van der Waals surface area (Å²) in [6.45, 7) is 8.25. The molecule has 0 aliphatic rings. The minimum atomic E-state index is -0.261. The standard InChI is InChI=1S/C23H28N8O2/c1-14(2)10-17(28-22(32)18-11-24-30-8-6-15(3)26-20(18)30)13-29(5)23(33)19-12-25-31-9-7-16(4)27-21(19)31/h6-9,11-12,14,17H,10,13H2,1-5H3,(H,28,32)/t17-/m1/s1. The number of hydrogen-bond donors (Lipinski definition) is 1. The quantitative estimate of drug-likeness (QED) is 0.465. The van der Waals surface area contributed by atoms with Crippen LogP contribution in [0.3, 0.4) is 0 Å². The lowest BCUT2D eigenvalue weighted by molar-refractivity contribution is 0.0760. The first-order valence-corrected chi connectivity index (χ1v) is 10.9. The largest absolute Gasteiger partial charge is 0.347 e. The molecule has 172 valence electrons. The zero-order valence-electron chi connectivity index (χ0n) is 19.5.